The van der Waals surface area contributed by atoms with Crippen molar-refractivity contribution < 1.29 is 9.90 Å². The standard InChI is InChI=1S/C24H31N5O2/c1-27-12-19(16-6-7-16)13-29-14-20(26-23(27)29)22(31)28-9-8-24(21(30)15-28)10-17-4-2-3-5-18(17)11-25-24/h2-5,14,16,19,21,25,30H,6-13,15H2,1H3/t19?,21-,24+/m1/s1. The Hall–Kier alpha value is -2.38. The second kappa shape index (κ2) is 7.07. The molecule has 1 aliphatic carbocycles. The van der Waals surface area contributed by atoms with Gasteiger partial charge in [0.15, 0.2) is 0 Å². The summed E-state index contributed by atoms with van der Waals surface area (Å²) in [6.45, 7) is 3.72. The molecular formula is C24H31N5O2. The monoisotopic (exact) mass is 421 g/mol. The second-order valence-electron chi connectivity index (χ2n) is 10.0. The molecule has 0 radical (unpaired) electrons. The van der Waals surface area contributed by atoms with Crippen molar-refractivity contribution in [1.29, 1.82) is 0 Å². The summed E-state index contributed by atoms with van der Waals surface area (Å²) >= 11 is 0. The molecule has 4 aliphatic rings. The van der Waals surface area contributed by atoms with Gasteiger partial charge in [-0.05, 0) is 48.6 Å². The van der Waals surface area contributed by atoms with Crippen LogP contribution in [0.4, 0.5) is 5.95 Å². The van der Waals surface area contributed by atoms with E-state index in [1.165, 1.54) is 24.0 Å². The summed E-state index contributed by atoms with van der Waals surface area (Å²) < 4.78 is 2.15. The zero-order valence-electron chi connectivity index (χ0n) is 18.1. The minimum atomic E-state index is -0.599. The predicted molar refractivity (Wildman–Crippen MR) is 118 cm³/mol. The number of likely N-dealkylation sites (tertiary alicyclic amines) is 1. The van der Waals surface area contributed by atoms with Crippen LogP contribution in [0.3, 0.4) is 0 Å². The molecule has 1 saturated heterocycles. The van der Waals surface area contributed by atoms with Gasteiger partial charge in [0.1, 0.15) is 5.69 Å². The summed E-state index contributed by atoms with van der Waals surface area (Å²) in [5.74, 6) is 2.31. The first-order valence-corrected chi connectivity index (χ1v) is 11.6. The Balaban J connectivity index is 1.17. The normalized spacial score (nSPS) is 30.3. The average Bonchev–Trinajstić information content (AvgIpc) is 3.54. The van der Waals surface area contributed by atoms with E-state index in [1.807, 2.05) is 6.20 Å². The third-order valence-electron chi connectivity index (χ3n) is 7.95. The molecule has 6 rings (SSSR count). The van der Waals surface area contributed by atoms with Crippen LogP contribution in [0.15, 0.2) is 30.5 Å². The molecule has 1 saturated carbocycles. The number of nitrogens with one attached hydrogen (secondary N) is 1. The highest BCUT2D eigenvalue weighted by atomic mass is 16.3. The van der Waals surface area contributed by atoms with Crippen molar-refractivity contribution in [3.63, 3.8) is 0 Å². The Labute approximate surface area is 183 Å². The molecule has 2 N–H and O–H groups in total. The molecule has 1 aromatic carbocycles. The number of aliphatic hydroxyl groups is 1. The number of imidazole rings is 1. The van der Waals surface area contributed by atoms with Crippen LogP contribution >= 0.6 is 0 Å². The number of fused-ring (bicyclic) bond motifs is 2. The topological polar surface area (TPSA) is 73.6 Å². The number of hydrogen-bond donors (Lipinski definition) is 2. The molecule has 1 aromatic heterocycles. The van der Waals surface area contributed by atoms with Gasteiger partial charge in [-0.1, -0.05) is 24.3 Å². The van der Waals surface area contributed by atoms with Crippen LogP contribution in [0.1, 0.15) is 40.9 Å². The van der Waals surface area contributed by atoms with Crippen LogP contribution in [0.25, 0.3) is 0 Å². The van der Waals surface area contributed by atoms with Crippen LogP contribution in [0, 0.1) is 11.8 Å². The lowest BCUT2D eigenvalue weighted by molar-refractivity contribution is -0.0140. The maximum absolute atomic E-state index is 13.3. The van der Waals surface area contributed by atoms with Crippen molar-refractivity contribution in [2.45, 2.75) is 50.4 Å². The first-order chi connectivity index (χ1) is 15.0. The number of hydrogen-bond acceptors (Lipinski definition) is 5. The van der Waals surface area contributed by atoms with Crippen LogP contribution in [0.2, 0.25) is 0 Å². The third-order valence-corrected chi connectivity index (χ3v) is 7.95. The molecule has 0 bridgehead atoms. The van der Waals surface area contributed by atoms with Gasteiger partial charge in [-0.2, -0.15) is 0 Å². The lowest BCUT2D eigenvalue weighted by Gasteiger charge is -2.48. The van der Waals surface area contributed by atoms with Gasteiger partial charge in [0, 0.05) is 46.0 Å². The summed E-state index contributed by atoms with van der Waals surface area (Å²) in [6.07, 6.45) is 5.54. The first kappa shape index (κ1) is 19.3. The highest BCUT2D eigenvalue weighted by Gasteiger charge is 2.45. The van der Waals surface area contributed by atoms with E-state index in [1.54, 1.807) is 4.90 Å². The van der Waals surface area contributed by atoms with Crippen LogP contribution in [-0.2, 0) is 19.5 Å². The van der Waals surface area contributed by atoms with Gasteiger partial charge >= 0.3 is 0 Å². The van der Waals surface area contributed by atoms with Gasteiger partial charge in [0.2, 0.25) is 5.95 Å². The quantitative estimate of drug-likeness (QED) is 0.772. The Kier molecular flexibility index (Phi) is 4.40. The third kappa shape index (κ3) is 3.26. The fourth-order valence-corrected chi connectivity index (χ4v) is 5.87. The molecule has 4 heterocycles. The van der Waals surface area contributed by atoms with E-state index in [2.05, 4.69) is 51.1 Å². The molecule has 31 heavy (non-hydrogen) atoms. The smallest absolute Gasteiger partial charge is 0.274 e. The molecule has 2 aromatic rings. The van der Waals surface area contributed by atoms with E-state index in [4.69, 9.17) is 0 Å². The van der Waals surface area contributed by atoms with E-state index in [9.17, 15) is 9.90 Å². The SMILES string of the molecule is CN1CC(C2CC2)Cn2cc(C(=O)N3CC[C@]4(Cc5ccccc5CN4)[C@H](O)C3)nc21. The van der Waals surface area contributed by atoms with Crippen molar-refractivity contribution in [2.75, 3.05) is 31.6 Å². The Morgan fingerprint density at radius 2 is 1.97 bits per heavy atom. The minimum absolute atomic E-state index is 0.0663. The zero-order chi connectivity index (χ0) is 21.2. The number of benzene rings is 1. The second-order valence-corrected chi connectivity index (χ2v) is 10.0. The lowest BCUT2D eigenvalue weighted by atomic mass is 9.76. The maximum atomic E-state index is 13.3. The summed E-state index contributed by atoms with van der Waals surface area (Å²) in [7, 11) is 2.07. The highest BCUT2D eigenvalue weighted by molar-refractivity contribution is 5.92. The zero-order valence-corrected chi connectivity index (χ0v) is 18.1. The van der Waals surface area contributed by atoms with Gasteiger partial charge in [-0.15, -0.1) is 0 Å². The van der Waals surface area contributed by atoms with Gasteiger partial charge < -0.3 is 24.8 Å². The molecule has 7 nitrogen and oxygen atoms in total. The molecule has 1 amide bonds. The van der Waals surface area contributed by atoms with Crippen molar-refractivity contribution in [1.82, 2.24) is 19.8 Å². The Bertz CT molecular complexity index is 1020. The van der Waals surface area contributed by atoms with E-state index in [0.29, 0.717) is 24.7 Å². The number of nitrogens with zero attached hydrogens (tertiary/aromatic N) is 4. The van der Waals surface area contributed by atoms with E-state index >= 15 is 0 Å². The van der Waals surface area contributed by atoms with Crippen molar-refractivity contribution in [3.05, 3.63) is 47.3 Å². The Morgan fingerprint density at radius 3 is 2.74 bits per heavy atom. The highest BCUT2D eigenvalue weighted by Crippen LogP contribution is 2.40. The predicted octanol–water partition coefficient (Wildman–Crippen LogP) is 1.65. The van der Waals surface area contributed by atoms with Gasteiger partial charge in [-0.3, -0.25) is 4.79 Å². The van der Waals surface area contributed by atoms with E-state index in [-0.39, 0.29) is 11.4 Å². The molecule has 1 unspecified atom stereocenters. The fraction of sp³-hybridized carbons (Fsp3) is 0.583. The molecule has 1 spiro atoms. The largest absolute Gasteiger partial charge is 0.389 e. The number of aliphatic hydroxyl groups excluding tert-OH is 1. The molecule has 164 valence electrons. The van der Waals surface area contributed by atoms with Gasteiger partial charge in [0.05, 0.1) is 11.6 Å². The van der Waals surface area contributed by atoms with Gasteiger partial charge in [-0.25, -0.2) is 4.98 Å². The molecule has 3 aliphatic heterocycles. The summed E-state index contributed by atoms with van der Waals surface area (Å²) in [5, 5.41) is 14.7. The first-order valence-electron chi connectivity index (χ1n) is 11.6. The summed E-state index contributed by atoms with van der Waals surface area (Å²) in [5.41, 5.74) is 2.76. The number of carbonyl (C=O) groups is 1. The molecule has 2 fully saturated rings. The van der Waals surface area contributed by atoms with E-state index < -0.39 is 6.10 Å². The van der Waals surface area contributed by atoms with Crippen LogP contribution in [0.5, 0.6) is 0 Å². The number of β-amino-alcohol motifs (C(OH)–C–C–N with tert-alkyl or cyclic N) is 1. The van der Waals surface area contributed by atoms with Crippen LogP contribution < -0.4 is 10.2 Å². The average molecular weight is 422 g/mol. The number of carbonyl (C=O) groups excluding carboxylic acids is 1. The van der Waals surface area contributed by atoms with Crippen molar-refractivity contribution >= 4 is 11.9 Å². The lowest BCUT2D eigenvalue weighted by Crippen LogP contribution is -2.65. The maximum Gasteiger partial charge on any atom is 0.274 e. The molecule has 3 atom stereocenters. The minimum Gasteiger partial charge on any atom is -0.389 e. The fourth-order valence-electron chi connectivity index (χ4n) is 5.87. The van der Waals surface area contributed by atoms with Crippen LogP contribution in [-0.4, -0.2) is 63.8 Å². The number of rotatable bonds is 2. The van der Waals surface area contributed by atoms with Crippen molar-refractivity contribution in [2.24, 2.45) is 11.8 Å². The Morgan fingerprint density at radius 1 is 1.16 bits per heavy atom. The molecular weight excluding hydrogens is 390 g/mol. The van der Waals surface area contributed by atoms with E-state index in [0.717, 1.165) is 44.3 Å². The number of amides is 1. The molecule has 7 heteroatoms. The number of anilines is 1. The van der Waals surface area contributed by atoms with Crippen molar-refractivity contribution in [3.8, 4) is 0 Å². The van der Waals surface area contributed by atoms with Gasteiger partial charge in [0.25, 0.3) is 5.91 Å². The summed E-state index contributed by atoms with van der Waals surface area (Å²) in [6, 6.07) is 8.42. The summed E-state index contributed by atoms with van der Waals surface area (Å²) in [4.78, 5) is 21.9. The number of piperidine rings is 1. The number of aromatic nitrogens is 2.